The fourth-order valence-corrected chi connectivity index (χ4v) is 2.13. The Morgan fingerprint density at radius 3 is 2.71 bits per heavy atom. The summed E-state index contributed by atoms with van der Waals surface area (Å²) in [6.45, 7) is 4.61. The van der Waals surface area contributed by atoms with Crippen LogP contribution in [0.2, 0.25) is 5.28 Å². The molecule has 0 aliphatic heterocycles. The van der Waals surface area contributed by atoms with Gasteiger partial charge in [-0.15, -0.1) is 0 Å². The van der Waals surface area contributed by atoms with Gasteiger partial charge in [-0.2, -0.15) is 4.98 Å². The molecule has 0 spiro atoms. The highest BCUT2D eigenvalue weighted by atomic mass is 79.9. The van der Waals surface area contributed by atoms with Crippen LogP contribution in [0.4, 0.5) is 5.82 Å². The molecular formula is C11H17BrClN3O. The first-order valence-electron chi connectivity index (χ1n) is 5.68. The van der Waals surface area contributed by atoms with Crippen LogP contribution in [0.25, 0.3) is 0 Å². The molecule has 0 aromatic carbocycles. The monoisotopic (exact) mass is 321 g/mol. The van der Waals surface area contributed by atoms with Gasteiger partial charge >= 0.3 is 0 Å². The maximum Gasteiger partial charge on any atom is 0.224 e. The highest BCUT2D eigenvalue weighted by Gasteiger charge is 2.15. The van der Waals surface area contributed by atoms with Crippen molar-refractivity contribution in [1.29, 1.82) is 0 Å². The zero-order valence-electron chi connectivity index (χ0n) is 9.95. The van der Waals surface area contributed by atoms with Crippen LogP contribution in [0.15, 0.2) is 10.7 Å². The minimum Gasteiger partial charge on any atom is -0.391 e. The van der Waals surface area contributed by atoms with Crippen LogP contribution in [-0.4, -0.2) is 27.7 Å². The zero-order chi connectivity index (χ0) is 12.8. The molecule has 1 aromatic heterocycles. The van der Waals surface area contributed by atoms with Gasteiger partial charge in [0, 0.05) is 12.7 Å². The van der Waals surface area contributed by atoms with Crippen molar-refractivity contribution in [2.45, 2.75) is 32.8 Å². The average Bonchev–Trinajstić information content (AvgIpc) is 2.32. The van der Waals surface area contributed by atoms with Gasteiger partial charge in [0.15, 0.2) is 0 Å². The number of aromatic nitrogens is 2. The number of nitrogens with one attached hydrogen (secondary N) is 1. The Balaban J connectivity index is 2.57. The summed E-state index contributed by atoms with van der Waals surface area (Å²) in [6.07, 6.45) is 3.13. The number of hydrogen-bond acceptors (Lipinski definition) is 4. The van der Waals surface area contributed by atoms with Crippen molar-refractivity contribution in [2.24, 2.45) is 5.92 Å². The number of hydrogen-bond donors (Lipinski definition) is 2. The van der Waals surface area contributed by atoms with E-state index in [0.717, 1.165) is 17.3 Å². The molecule has 0 radical (unpaired) electrons. The van der Waals surface area contributed by atoms with Gasteiger partial charge in [0.05, 0.1) is 10.6 Å². The predicted octanol–water partition coefficient (Wildman–Crippen LogP) is 3.10. The molecule has 0 saturated carbocycles. The van der Waals surface area contributed by atoms with Crippen molar-refractivity contribution in [3.05, 3.63) is 16.0 Å². The van der Waals surface area contributed by atoms with E-state index in [9.17, 15) is 5.11 Å². The second-order valence-electron chi connectivity index (χ2n) is 3.86. The molecular weight excluding hydrogens is 305 g/mol. The van der Waals surface area contributed by atoms with Gasteiger partial charge in [-0.1, -0.05) is 26.7 Å². The third kappa shape index (κ3) is 4.41. The molecule has 1 atom stereocenters. The van der Waals surface area contributed by atoms with Crippen LogP contribution in [0, 0.1) is 5.92 Å². The molecule has 96 valence electrons. The first kappa shape index (κ1) is 14.7. The van der Waals surface area contributed by atoms with Crippen LogP contribution in [0.1, 0.15) is 26.7 Å². The Bertz CT molecular complexity index is 361. The Morgan fingerprint density at radius 1 is 1.47 bits per heavy atom. The van der Waals surface area contributed by atoms with E-state index in [1.54, 1.807) is 6.20 Å². The third-order valence-corrected chi connectivity index (χ3v) is 3.55. The normalized spacial score (nSPS) is 12.8. The zero-order valence-corrected chi connectivity index (χ0v) is 12.3. The Kier molecular flexibility index (Phi) is 6.16. The van der Waals surface area contributed by atoms with E-state index in [1.807, 2.05) is 0 Å². The van der Waals surface area contributed by atoms with Crippen molar-refractivity contribution in [1.82, 2.24) is 9.97 Å². The van der Waals surface area contributed by atoms with Crippen LogP contribution in [0.3, 0.4) is 0 Å². The SMILES string of the molecule is CCC(CC)C(O)CNc1nc(Cl)ncc1Br. The summed E-state index contributed by atoms with van der Waals surface area (Å²) in [5.41, 5.74) is 0. The van der Waals surface area contributed by atoms with E-state index in [4.69, 9.17) is 11.6 Å². The van der Waals surface area contributed by atoms with Crippen LogP contribution < -0.4 is 5.32 Å². The molecule has 1 unspecified atom stereocenters. The largest absolute Gasteiger partial charge is 0.391 e. The molecule has 17 heavy (non-hydrogen) atoms. The van der Waals surface area contributed by atoms with E-state index in [0.29, 0.717) is 18.3 Å². The quantitative estimate of drug-likeness (QED) is 0.790. The summed E-state index contributed by atoms with van der Waals surface area (Å²) in [4.78, 5) is 7.88. The molecule has 0 bridgehead atoms. The Hall–Kier alpha value is -0.390. The molecule has 0 aliphatic carbocycles. The van der Waals surface area contributed by atoms with Crippen molar-refractivity contribution >= 4 is 33.3 Å². The fourth-order valence-electron chi connectivity index (χ4n) is 1.67. The predicted molar refractivity (Wildman–Crippen MR) is 73.3 cm³/mol. The standard InChI is InChI=1S/C11H17BrClN3O/c1-3-7(4-2)9(17)6-14-10-8(12)5-15-11(13)16-10/h5,7,9,17H,3-4,6H2,1-2H3,(H,14,15,16). The summed E-state index contributed by atoms with van der Waals surface area (Å²) in [7, 11) is 0. The lowest BCUT2D eigenvalue weighted by Gasteiger charge is -2.20. The lowest BCUT2D eigenvalue weighted by atomic mass is 9.97. The van der Waals surface area contributed by atoms with Crippen molar-refractivity contribution < 1.29 is 5.11 Å². The summed E-state index contributed by atoms with van der Waals surface area (Å²) in [6, 6.07) is 0. The van der Waals surface area contributed by atoms with Gasteiger partial charge in [-0.25, -0.2) is 4.98 Å². The van der Waals surface area contributed by atoms with E-state index < -0.39 is 0 Å². The highest BCUT2D eigenvalue weighted by molar-refractivity contribution is 9.10. The molecule has 0 aliphatic rings. The Labute approximate surface area is 115 Å². The second-order valence-corrected chi connectivity index (χ2v) is 5.05. The van der Waals surface area contributed by atoms with Crippen molar-refractivity contribution in [3.8, 4) is 0 Å². The Morgan fingerprint density at radius 2 is 2.12 bits per heavy atom. The number of rotatable bonds is 6. The number of nitrogens with zero attached hydrogens (tertiary/aromatic N) is 2. The molecule has 1 aromatic rings. The molecule has 0 amide bonds. The summed E-state index contributed by atoms with van der Waals surface area (Å²) in [5.74, 6) is 0.911. The second kappa shape index (κ2) is 7.13. The van der Waals surface area contributed by atoms with Gasteiger partial charge < -0.3 is 10.4 Å². The van der Waals surface area contributed by atoms with E-state index >= 15 is 0 Å². The molecule has 0 saturated heterocycles. The molecule has 1 heterocycles. The highest BCUT2D eigenvalue weighted by Crippen LogP contribution is 2.21. The smallest absolute Gasteiger partial charge is 0.224 e. The number of aliphatic hydroxyl groups excluding tert-OH is 1. The molecule has 4 nitrogen and oxygen atoms in total. The number of anilines is 1. The minimum atomic E-state index is -0.384. The van der Waals surface area contributed by atoms with Crippen LogP contribution in [-0.2, 0) is 0 Å². The molecule has 0 fully saturated rings. The summed E-state index contributed by atoms with van der Waals surface area (Å²) < 4.78 is 0.735. The van der Waals surface area contributed by atoms with Crippen molar-refractivity contribution in [2.75, 3.05) is 11.9 Å². The summed E-state index contributed by atoms with van der Waals surface area (Å²) >= 11 is 9.03. The number of aliphatic hydroxyl groups is 1. The van der Waals surface area contributed by atoms with E-state index in [2.05, 4.69) is 45.1 Å². The van der Waals surface area contributed by atoms with E-state index in [-0.39, 0.29) is 11.4 Å². The van der Waals surface area contributed by atoms with Crippen molar-refractivity contribution in [3.63, 3.8) is 0 Å². The minimum absolute atomic E-state index is 0.188. The van der Waals surface area contributed by atoms with Gasteiger partial charge in [0.2, 0.25) is 5.28 Å². The van der Waals surface area contributed by atoms with Crippen LogP contribution >= 0.6 is 27.5 Å². The molecule has 2 N–H and O–H groups in total. The maximum atomic E-state index is 9.98. The van der Waals surface area contributed by atoms with Gasteiger partial charge in [-0.3, -0.25) is 0 Å². The lowest BCUT2D eigenvalue weighted by molar-refractivity contribution is 0.114. The topological polar surface area (TPSA) is 58.0 Å². The third-order valence-electron chi connectivity index (χ3n) is 2.79. The average molecular weight is 323 g/mol. The number of halogens is 2. The fraction of sp³-hybridized carbons (Fsp3) is 0.636. The van der Waals surface area contributed by atoms with E-state index in [1.165, 1.54) is 0 Å². The maximum absolute atomic E-state index is 9.98. The van der Waals surface area contributed by atoms with Gasteiger partial charge in [-0.05, 0) is 33.4 Å². The molecule has 1 rings (SSSR count). The lowest BCUT2D eigenvalue weighted by Crippen LogP contribution is -2.28. The van der Waals surface area contributed by atoms with Gasteiger partial charge in [0.25, 0.3) is 0 Å². The molecule has 6 heteroatoms. The first-order chi connectivity index (χ1) is 8.08. The summed E-state index contributed by atoms with van der Waals surface area (Å²) in [5, 5.41) is 13.2. The van der Waals surface area contributed by atoms with Crippen LogP contribution in [0.5, 0.6) is 0 Å². The first-order valence-corrected chi connectivity index (χ1v) is 6.85. The van der Waals surface area contributed by atoms with Gasteiger partial charge in [0.1, 0.15) is 5.82 Å².